The third-order valence-corrected chi connectivity index (χ3v) is 1.10. The first-order valence-corrected chi connectivity index (χ1v) is 3.74. The van der Waals surface area contributed by atoms with Crippen LogP contribution in [0.3, 0.4) is 0 Å². The first kappa shape index (κ1) is 13.5. The zero-order valence-corrected chi connectivity index (χ0v) is 10.3. The molecule has 0 amide bonds. The van der Waals surface area contributed by atoms with Crippen molar-refractivity contribution in [2.75, 3.05) is 0 Å². The van der Waals surface area contributed by atoms with Crippen molar-refractivity contribution in [3.05, 3.63) is 35.4 Å². The molecule has 0 atom stereocenters. The summed E-state index contributed by atoms with van der Waals surface area (Å²) in [4.78, 5) is 0. The van der Waals surface area contributed by atoms with Crippen LogP contribution in [0.25, 0.3) is 0 Å². The second-order valence-electron chi connectivity index (χ2n) is 2.05. The molecule has 0 unspecified atom stereocenters. The van der Waals surface area contributed by atoms with Gasteiger partial charge in [-0.15, -0.1) is 0 Å². The van der Waals surface area contributed by atoms with Crippen LogP contribution in [-0.2, 0) is 20.4 Å². The number of rotatable bonds is 0. The Kier molecular flexibility index (Phi) is 9.78. The molecule has 0 N–H and O–H groups in total. The molecular formula is C10H15Re-. The molecule has 0 spiro atoms. The molecule has 1 aromatic carbocycles. The fourth-order valence-electron chi connectivity index (χ4n) is 0.736. The van der Waals surface area contributed by atoms with E-state index in [2.05, 4.69) is 19.1 Å². The average Bonchev–Trinajstić information content (AvgIpc) is 1.91. The maximum absolute atomic E-state index is 3.07. The van der Waals surface area contributed by atoms with E-state index in [0.717, 1.165) is 0 Å². The minimum atomic E-state index is 0. The van der Waals surface area contributed by atoms with E-state index in [0.29, 0.717) is 0 Å². The predicted octanol–water partition coefficient (Wildman–Crippen LogP) is 3.13. The number of aryl methyl sites for hydroxylation is 2. The molecule has 0 aliphatic heterocycles. The average molecular weight is 321 g/mol. The smallest absolute Gasteiger partial charge is 0 e. The van der Waals surface area contributed by atoms with Crippen LogP contribution in [0, 0.1) is 19.9 Å². The summed E-state index contributed by atoms with van der Waals surface area (Å²) in [5, 5.41) is 0. The Hall–Kier alpha value is -0.118. The van der Waals surface area contributed by atoms with Crippen LogP contribution in [0.5, 0.6) is 0 Å². The molecule has 0 aliphatic rings. The number of benzene rings is 1. The summed E-state index contributed by atoms with van der Waals surface area (Å²) in [6, 6.07) is 9.18. The molecule has 0 nitrogen and oxygen atoms in total. The van der Waals surface area contributed by atoms with Crippen LogP contribution in [0.15, 0.2) is 18.2 Å². The van der Waals surface area contributed by atoms with Crippen molar-refractivity contribution in [2.45, 2.75) is 27.7 Å². The van der Waals surface area contributed by atoms with E-state index in [1.165, 1.54) is 11.1 Å². The Bertz CT molecular complexity index is 165. The molecule has 0 heterocycles. The quantitative estimate of drug-likeness (QED) is 0.644. The SMILES string of the molecule is CC.Cc1[c-]ccc(C)c1.[Re]. The van der Waals surface area contributed by atoms with E-state index in [4.69, 9.17) is 0 Å². The van der Waals surface area contributed by atoms with Crippen LogP contribution in [0.4, 0.5) is 0 Å². The van der Waals surface area contributed by atoms with Gasteiger partial charge in [0.25, 0.3) is 0 Å². The van der Waals surface area contributed by atoms with E-state index in [1.54, 1.807) is 0 Å². The second kappa shape index (κ2) is 7.98. The van der Waals surface area contributed by atoms with Gasteiger partial charge in [-0.3, -0.25) is 0 Å². The number of hydrogen-bond acceptors (Lipinski definition) is 0. The van der Waals surface area contributed by atoms with Gasteiger partial charge in [-0.1, -0.05) is 27.7 Å². The standard InChI is InChI=1S/C8H9.C2H6.Re/c1-7-4-3-5-8(2)6-7;1-2;/h3-4,6H,1-2H3;1-2H3;/q-1;;. The maximum atomic E-state index is 3.07. The first-order chi connectivity index (χ1) is 4.79. The normalized spacial score (nSPS) is 7.27. The first-order valence-electron chi connectivity index (χ1n) is 3.74. The molecule has 0 saturated heterocycles. The van der Waals surface area contributed by atoms with Gasteiger partial charge in [0.1, 0.15) is 0 Å². The third kappa shape index (κ3) is 6.29. The van der Waals surface area contributed by atoms with E-state index in [1.807, 2.05) is 32.9 Å². The summed E-state index contributed by atoms with van der Waals surface area (Å²) in [5.74, 6) is 0. The fourth-order valence-corrected chi connectivity index (χ4v) is 0.736. The molecule has 11 heavy (non-hydrogen) atoms. The Morgan fingerprint density at radius 3 is 2.00 bits per heavy atom. The van der Waals surface area contributed by atoms with Gasteiger partial charge >= 0.3 is 0 Å². The Morgan fingerprint density at radius 2 is 1.73 bits per heavy atom. The largest absolute Gasteiger partial charge is 0.181 e. The van der Waals surface area contributed by atoms with Gasteiger partial charge in [-0.05, 0) is 0 Å². The van der Waals surface area contributed by atoms with Gasteiger partial charge < -0.3 is 0 Å². The van der Waals surface area contributed by atoms with Gasteiger partial charge in [0.05, 0.1) is 0 Å². The minimum Gasteiger partial charge on any atom is -0.181 e. The minimum absolute atomic E-state index is 0. The van der Waals surface area contributed by atoms with Crippen molar-refractivity contribution in [3.63, 3.8) is 0 Å². The van der Waals surface area contributed by atoms with E-state index in [9.17, 15) is 0 Å². The summed E-state index contributed by atoms with van der Waals surface area (Å²) >= 11 is 0. The Morgan fingerprint density at radius 1 is 1.18 bits per heavy atom. The van der Waals surface area contributed by atoms with Crippen molar-refractivity contribution in [2.24, 2.45) is 0 Å². The van der Waals surface area contributed by atoms with Crippen LogP contribution in [-0.4, -0.2) is 0 Å². The van der Waals surface area contributed by atoms with Crippen molar-refractivity contribution in [3.8, 4) is 0 Å². The summed E-state index contributed by atoms with van der Waals surface area (Å²) in [6.07, 6.45) is 0. The van der Waals surface area contributed by atoms with Crippen LogP contribution in [0.1, 0.15) is 25.0 Å². The van der Waals surface area contributed by atoms with E-state index < -0.39 is 0 Å². The van der Waals surface area contributed by atoms with Gasteiger partial charge in [-0.25, -0.2) is 0 Å². The molecule has 0 aromatic heterocycles. The summed E-state index contributed by atoms with van der Waals surface area (Å²) in [7, 11) is 0. The van der Waals surface area contributed by atoms with E-state index in [-0.39, 0.29) is 20.4 Å². The molecule has 1 rings (SSSR count). The molecule has 63 valence electrons. The molecule has 0 aliphatic carbocycles. The predicted molar refractivity (Wildman–Crippen MR) is 46.1 cm³/mol. The molecule has 0 fully saturated rings. The third-order valence-electron chi connectivity index (χ3n) is 1.10. The topological polar surface area (TPSA) is 0 Å². The molecule has 1 heteroatoms. The van der Waals surface area contributed by atoms with Crippen LogP contribution in [0.2, 0.25) is 0 Å². The summed E-state index contributed by atoms with van der Waals surface area (Å²) < 4.78 is 0. The Labute approximate surface area is 83.7 Å². The fraction of sp³-hybridized carbons (Fsp3) is 0.400. The van der Waals surface area contributed by atoms with Crippen molar-refractivity contribution >= 4 is 0 Å². The van der Waals surface area contributed by atoms with Crippen molar-refractivity contribution < 1.29 is 20.4 Å². The zero-order chi connectivity index (χ0) is 7.98. The molecule has 0 bridgehead atoms. The summed E-state index contributed by atoms with van der Waals surface area (Å²) in [5.41, 5.74) is 2.52. The van der Waals surface area contributed by atoms with Crippen molar-refractivity contribution in [1.29, 1.82) is 0 Å². The molecule has 1 radical (unpaired) electrons. The van der Waals surface area contributed by atoms with Gasteiger partial charge in [0.2, 0.25) is 0 Å². The van der Waals surface area contributed by atoms with Gasteiger partial charge in [0.15, 0.2) is 0 Å². The molecule has 0 saturated carbocycles. The monoisotopic (exact) mass is 322 g/mol. The van der Waals surface area contributed by atoms with Gasteiger partial charge in [-0.2, -0.15) is 35.4 Å². The maximum Gasteiger partial charge on any atom is 0 e. The van der Waals surface area contributed by atoms with Gasteiger partial charge in [0, 0.05) is 20.4 Å². The zero-order valence-electron chi connectivity index (χ0n) is 7.61. The van der Waals surface area contributed by atoms with Crippen molar-refractivity contribution in [1.82, 2.24) is 0 Å². The van der Waals surface area contributed by atoms with E-state index >= 15 is 0 Å². The number of hydrogen-bond donors (Lipinski definition) is 0. The summed E-state index contributed by atoms with van der Waals surface area (Å²) in [6.45, 7) is 8.13. The van der Waals surface area contributed by atoms with Crippen LogP contribution < -0.4 is 0 Å². The van der Waals surface area contributed by atoms with Crippen LogP contribution >= 0.6 is 0 Å². The Balaban J connectivity index is 0. The molecular weight excluding hydrogens is 306 g/mol. The molecule has 1 aromatic rings. The second-order valence-corrected chi connectivity index (χ2v) is 2.05.